The van der Waals surface area contributed by atoms with Crippen molar-refractivity contribution in [1.82, 2.24) is 5.32 Å². The number of carbonyl (C=O) groups excluding carboxylic acids is 2. The van der Waals surface area contributed by atoms with Gasteiger partial charge in [0, 0.05) is 17.0 Å². The average Bonchev–Trinajstić information content (AvgIpc) is 2.73. The van der Waals surface area contributed by atoms with E-state index in [9.17, 15) is 9.59 Å². The van der Waals surface area contributed by atoms with Crippen LogP contribution in [-0.4, -0.2) is 26.1 Å². The number of amides is 1. The Morgan fingerprint density at radius 3 is 2.17 bits per heavy atom. The molecule has 1 aliphatic heterocycles. The zero-order valence-corrected chi connectivity index (χ0v) is 16.9. The van der Waals surface area contributed by atoms with Crippen molar-refractivity contribution >= 4 is 17.6 Å². The number of methoxy groups -OCH3 is 2. The van der Waals surface area contributed by atoms with Crippen molar-refractivity contribution in [3.8, 4) is 5.75 Å². The van der Waals surface area contributed by atoms with E-state index in [-0.39, 0.29) is 5.91 Å². The summed E-state index contributed by atoms with van der Waals surface area (Å²) in [5.41, 5.74) is 3.59. The highest BCUT2D eigenvalue weighted by Crippen LogP contribution is 2.39. The molecule has 1 aliphatic rings. The molecule has 0 radical (unpaired) electrons. The summed E-state index contributed by atoms with van der Waals surface area (Å²) in [5, 5.41) is 6.07. The average molecular weight is 392 g/mol. The summed E-state index contributed by atoms with van der Waals surface area (Å²) in [4.78, 5) is 26.0. The number of benzene rings is 2. The number of allylic oxidation sites excluding steroid dienone is 2. The fraction of sp³-hybridized carbons (Fsp3) is 0.217. The van der Waals surface area contributed by atoms with Gasteiger partial charge in [0.05, 0.1) is 31.4 Å². The molecule has 0 aliphatic carbocycles. The largest absolute Gasteiger partial charge is 0.495 e. The van der Waals surface area contributed by atoms with Crippen LogP contribution in [0.5, 0.6) is 5.75 Å². The second-order valence-electron chi connectivity index (χ2n) is 6.69. The van der Waals surface area contributed by atoms with Crippen LogP contribution in [0.1, 0.15) is 25.3 Å². The van der Waals surface area contributed by atoms with E-state index in [1.54, 1.807) is 26.2 Å². The topological polar surface area (TPSA) is 76.7 Å². The van der Waals surface area contributed by atoms with Gasteiger partial charge in [-0.05, 0) is 31.5 Å². The van der Waals surface area contributed by atoms with Crippen LogP contribution in [0.4, 0.5) is 5.69 Å². The molecule has 1 amide bonds. The SMILES string of the molecule is COC(=O)C1=C(C)NC(C)=C(C(=O)Nc2ccccc2OC)C1c1ccccc1. The van der Waals surface area contributed by atoms with Crippen LogP contribution in [0.2, 0.25) is 0 Å². The number of para-hydroxylation sites is 2. The molecular formula is C23H24N2O4. The molecule has 0 spiro atoms. The lowest BCUT2D eigenvalue weighted by molar-refractivity contribution is -0.136. The molecule has 2 aromatic rings. The molecular weight excluding hydrogens is 368 g/mol. The van der Waals surface area contributed by atoms with Gasteiger partial charge in [0.1, 0.15) is 5.75 Å². The Morgan fingerprint density at radius 2 is 1.52 bits per heavy atom. The molecule has 29 heavy (non-hydrogen) atoms. The van der Waals surface area contributed by atoms with Crippen LogP contribution in [0.3, 0.4) is 0 Å². The number of nitrogens with one attached hydrogen (secondary N) is 2. The Balaban J connectivity index is 2.08. The van der Waals surface area contributed by atoms with Gasteiger partial charge in [-0.3, -0.25) is 4.79 Å². The number of ether oxygens (including phenoxy) is 2. The second-order valence-corrected chi connectivity index (χ2v) is 6.69. The van der Waals surface area contributed by atoms with Crippen molar-refractivity contribution in [2.45, 2.75) is 19.8 Å². The molecule has 0 aromatic heterocycles. The zero-order valence-electron chi connectivity index (χ0n) is 16.9. The summed E-state index contributed by atoms with van der Waals surface area (Å²) in [6.45, 7) is 3.63. The summed E-state index contributed by atoms with van der Waals surface area (Å²) in [6.07, 6.45) is 0. The highest BCUT2D eigenvalue weighted by molar-refractivity contribution is 6.09. The van der Waals surface area contributed by atoms with Crippen molar-refractivity contribution in [2.75, 3.05) is 19.5 Å². The van der Waals surface area contributed by atoms with Crippen molar-refractivity contribution in [2.24, 2.45) is 0 Å². The Bertz CT molecular complexity index is 993. The van der Waals surface area contributed by atoms with E-state index in [0.717, 1.165) is 5.56 Å². The monoisotopic (exact) mass is 392 g/mol. The highest BCUT2D eigenvalue weighted by Gasteiger charge is 2.37. The van der Waals surface area contributed by atoms with Crippen LogP contribution in [0, 0.1) is 0 Å². The van der Waals surface area contributed by atoms with Gasteiger partial charge in [0.15, 0.2) is 0 Å². The number of hydrogen-bond donors (Lipinski definition) is 2. The maximum absolute atomic E-state index is 13.4. The maximum atomic E-state index is 13.4. The van der Waals surface area contributed by atoms with Gasteiger partial charge in [0.2, 0.25) is 0 Å². The maximum Gasteiger partial charge on any atom is 0.336 e. The fourth-order valence-electron chi connectivity index (χ4n) is 3.59. The first-order valence-corrected chi connectivity index (χ1v) is 9.24. The minimum absolute atomic E-state index is 0.317. The van der Waals surface area contributed by atoms with Crippen LogP contribution in [0.15, 0.2) is 77.1 Å². The van der Waals surface area contributed by atoms with Gasteiger partial charge in [0.25, 0.3) is 5.91 Å². The summed E-state index contributed by atoms with van der Waals surface area (Å²) in [5.74, 6) is -0.792. The van der Waals surface area contributed by atoms with Gasteiger partial charge in [-0.25, -0.2) is 4.79 Å². The van der Waals surface area contributed by atoms with E-state index in [0.29, 0.717) is 34.0 Å². The minimum Gasteiger partial charge on any atom is -0.495 e. The third-order valence-electron chi connectivity index (χ3n) is 4.90. The third kappa shape index (κ3) is 4.01. The van der Waals surface area contributed by atoms with Gasteiger partial charge in [-0.15, -0.1) is 0 Å². The Labute approximate surface area is 170 Å². The quantitative estimate of drug-likeness (QED) is 0.758. The Hall–Kier alpha value is -3.54. The molecule has 0 bridgehead atoms. The molecule has 0 saturated carbocycles. The summed E-state index contributed by atoms with van der Waals surface area (Å²) >= 11 is 0. The highest BCUT2D eigenvalue weighted by atomic mass is 16.5. The fourth-order valence-corrected chi connectivity index (χ4v) is 3.59. The molecule has 2 N–H and O–H groups in total. The molecule has 6 heteroatoms. The van der Waals surface area contributed by atoms with Crippen molar-refractivity contribution in [3.05, 3.63) is 82.7 Å². The standard InChI is InChI=1S/C23H24N2O4/c1-14-19(22(26)25-17-12-8-9-13-18(17)28-3)21(16-10-6-5-7-11-16)20(15(2)24-14)23(27)29-4/h5-13,21,24H,1-4H3,(H,25,26). The smallest absolute Gasteiger partial charge is 0.336 e. The van der Waals surface area contributed by atoms with Crippen molar-refractivity contribution < 1.29 is 19.1 Å². The van der Waals surface area contributed by atoms with Crippen LogP contribution < -0.4 is 15.4 Å². The number of rotatable bonds is 5. The number of esters is 1. The van der Waals surface area contributed by atoms with Crippen LogP contribution >= 0.6 is 0 Å². The van der Waals surface area contributed by atoms with E-state index in [4.69, 9.17) is 9.47 Å². The molecule has 6 nitrogen and oxygen atoms in total. The van der Waals surface area contributed by atoms with E-state index in [1.165, 1.54) is 7.11 Å². The van der Waals surface area contributed by atoms with E-state index >= 15 is 0 Å². The number of hydrogen-bond acceptors (Lipinski definition) is 5. The molecule has 1 atom stereocenters. The number of dihydropyridines is 1. The third-order valence-corrected chi connectivity index (χ3v) is 4.90. The Morgan fingerprint density at radius 1 is 0.897 bits per heavy atom. The van der Waals surface area contributed by atoms with E-state index < -0.39 is 11.9 Å². The van der Waals surface area contributed by atoms with Crippen LogP contribution in [0.25, 0.3) is 0 Å². The lowest BCUT2D eigenvalue weighted by Crippen LogP contribution is -2.33. The zero-order chi connectivity index (χ0) is 21.0. The summed E-state index contributed by atoms with van der Waals surface area (Å²) in [7, 11) is 2.89. The van der Waals surface area contributed by atoms with Crippen molar-refractivity contribution in [3.63, 3.8) is 0 Å². The second kappa shape index (κ2) is 8.65. The van der Waals surface area contributed by atoms with Gasteiger partial charge in [-0.2, -0.15) is 0 Å². The predicted octanol–water partition coefficient (Wildman–Crippen LogP) is 3.74. The number of carbonyl (C=O) groups is 2. The summed E-state index contributed by atoms with van der Waals surface area (Å²) < 4.78 is 10.4. The van der Waals surface area contributed by atoms with Crippen molar-refractivity contribution in [1.29, 1.82) is 0 Å². The lowest BCUT2D eigenvalue weighted by atomic mass is 9.80. The van der Waals surface area contributed by atoms with E-state index in [1.807, 2.05) is 49.4 Å². The van der Waals surface area contributed by atoms with Gasteiger partial charge >= 0.3 is 5.97 Å². The first-order chi connectivity index (χ1) is 14.0. The van der Waals surface area contributed by atoms with E-state index in [2.05, 4.69) is 10.6 Å². The lowest BCUT2D eigenvalue weighted by Gasteiger charge is -2.30. The molecule has 1 heterocycles. The molecule has 3 rings (SSSR count). The molecule has 0 fully saturated rings. The molecule has 0 saturated heterocycles. The van der Waals surface area contributed by atoms with Crippen LogP contribution in [-0.2, 0) is 14.3 Å². The summed E-state index contributed by atoms with van der Waals surface area (Å²) in [6, 6.07) is 16.6. The van der Waals surface area contributed by atoms with Gasteiger partial charge in [-0.1, -0.05) is 42.5 Å². The molecule has 150 valence electrons. The predicted molar refractivity (Wildman–Crippen MR) is 111 cm³/mol. The minimum atomic E-state index is -0.556. The number of anilines is 1. The first-order valence-electron chi connectivity index (χ1n) is 9.24. The normalized spacial score (nSPS) is 16.2. The van der Waals surface area contributed by atoms with Gasteiger partial charge < -0.3 is 20.1 Å². The molecule has 1 unspecified atom stereocenters. The molecule has 2 aromatic carbocycles. The first kappa shape index (κ1) is 20.2. The Kier molecular flexibility index (Phi) is 6.02.